The maximum Gasteiger partial charge on any atom is 0.259 e. The van der Waals surface area contributed by atoms with Crippen LogP contribution >= 0.6 is 0 Å². The number of amides is 2. The summed E-state index contributed by atoms with van der Waals surface area (Å²) in [6.07, 6.45) is 2.39. The molecule has 2 fully saturated rings. The second-order valence-corrected chi connectivity index (χ2v) is 5.95. The Kier molecular flexibility index (Phi) is 3.47. The Morgan fingerprint density at radius 1 is 1.48 bits per heavy atom. The first-order chi connectivity index (χ1) is 10.0. The number of likely N-dealkylation sites (N-methyl/N-ethyl adjacent to an activating group) is 1. The molecule has 114 valence electrons. The molecule has 0 unspecified atom stereocenters. The third kappa shape index (κ3) is 2.13. The quantitative estimate of drug-likeness (QED) is 0.822. The van der Waals surface area contributed by atoms with Crippen molar-refractivity contribution in [2.45, 2.75) is 39.2 Å². The molecule has 2 amide bonds. The van der Waals surface area contributed by atoms with Gasteiger partial charge in [-0.05, 0) is 19.8 Å². The van der Waals surface area contributed by atoms with Gasteiger partial charge in [0.05, 0.1) is 17.7 Å². The van der Waals surface area contributed by atoms with E-state index >= 15 is 0 Å². The van der Waals surface area contributed by atoms with E-state index in [9.17, 15) is 9.59 Å². The van der Waals surface area contributed by atoms with Gasteiger partial charge in [0, 0.05) is 26.6 Å². The van der Waals surface area contributed by atoms with Crippen molar-refractivity contribution >= 4 is 11.8 Å². The molecular weight excluding hydrogens is 270 g/mol. The van der Waals surface area contributed by atoms with Gasteiger partial charge in [-0.3, -0.25) is 9.59 Å². The van der Waals surface area contributed by atoms with E-state index < -0.39 is 0 Å². The zero-order valence-corrected chi connectivity index (χ0v) is 12.8. The molecule has 21 heavy (non-hydrogen) atoms. The zero-order chi connectivity index (χ0) is 15.1. The van der Waals surface area contributed by atoms with Crippen LogP contribution in [-0.2, 0) is 11.2 Å². The first-order valence-corrected chi connectivity index (χ1v) is 7.55. The lowest BCUT2D eigenvalue weighted by Crippen LogP contribution is -2.49. The lowest BCUT2D eigenvalue weighted by Gasteiger charge is -2.35. The van der Waals surface area contributed by atoms with E-state index in [1.165, 1.54) is 0 Å². The number of fused-ring (bicyclic) bond motifs is 1. The van der Waals surface area contributed by atoms with Gasteiger partial charge in [0.2, 0.25) is 5.91 Å². The zero-order valence-electron chi connectivity index (χ0n) is 12.8. The molecule has 2 aliphatic heterocycles. The summed E-state index contributed by atoms with van der Waals surface area (Å²) in [6.45, 7) is 5.07. The van der Waals surface area contributed by atoms with Gasteiger partial charge in [0.15, 0.2) is 0 Å². The molecule has 6 heteroatoms. The van der Waals surface area contributed by atoms with Gasteiger partial charge in [-0.2, -0.15) is 0 Å². The number of likely N-dealkylation sites (tertiary alicyclic amines) is 2. The van der Waals surface area contributed by atoms with E-state index in [4.69, 9.17) is 4.52 Å². The third-order valence-electron chi connectivity index (χ3n) is 4.66. The Balaban J connectivity index is 1.91. The first kappa shape index (κ1) is 14.1. The van der Waals surface area contributed by atoms with Crippen LogP contribution < -0.4 is 0 Å². The summed E-state index contributed by atoms with van der Waals surface area (Å²) in [5.74, 6) is 0.717. The summed E-state index contributed by atoms with van der Waals surface area (Å²) < 4.78 is 5.24. The highest BCUT2D eigenvalue weighted by Gasteiger charge is 2.46. The lowest BCUT2D eigenvalue weighted by atomic mass is 9.90. The maximum absolute atomic E-state index is 12.9. The molecule has 0 aliphatic carbocycles. The second-order valence-electron chi connectivity index (χ2n) is 5.95. The smallest absolute Gasteiger partial charge is 0.259 e. The number of aryl methyl sites for hydroxylation is 2. The highest BCUT2D eigenvalue weighted by atomic mass is 16.5. The van der Waals surface area contributed by atoms with E-state index in [0.717, 1.165) is 12.8 Å². The molecule has 1 aromatic heterocycles. The molecule has 0 aromatic carbocycles. The molecule has 0 saturated carbocycles. The van der Waals surface area contributed by atoms with Gasteiger partial charge in [0.25, 0.3) is 5.91 Å². The molecule has 0 spiro atoms. The van der Waals surface area contributed by atoms with Gasteiger partial charge in [-0.15, -0.1) is 0 Å². The minimum Gasteiger partial charge on any atom is -0.360 e. The molecular formula is C15H21N3O3. The summed E-state index contributed by atoms with van der Waals surface area (Å²) in [5, 5.41) is 3.92. The molecule has 0 radical (unpaired) electrons. The van der Waals surface area contributed by atoms with Gasteiger partial charge < -0.3 is 14.3 Å². The van der Waals surface area contributed by atoms with Crippen LogP contribution in [-0.4, -0.2) is 52.9 Å². The molecule has 2 aliphatic rings. The van der Waals surface area contributed by atoms with Gasteiger partial charge in [-0.1, -0.05) is 12.1 Å². The largest absolute Gasteiger partial charge is 0.360 e. The maximum atomic E-state index is 12.9. The fourth-order valence-corrected chi connectivity index (χ4v) is 3.55. The van der Waals surface area contributed by atoms with E-state index in [2.05, 4.69) is 5.16 Å². The van der Waals surface area contributed by atoms with E-state index in [1.54, 1.807) is 11.8 Å². The summed E-state index contributed by atoms with van der Waals surface area (Å²) in [7, 11) is 1.81. The molecule has 1 aromatic rings. The van der Waals surface area contributed by atoms with Crippen LogP contribution in [0.4, 0.5) is 0 Å². The number of hydrogen-bond acceptors (Lipinski definition) is 4. The summed E-state index contributed by atoms with van der Waals surface area (Å²) >= 11 is 0. The van der Waals surface area contributed by atoms with Crippen molar-refractivity contribution in [2.24, 2.45) is 5.92 Å². The summed E-state index contributed by atoms with van der Waals surface area (Å²) in [5.41, 5.74) is 1.22. The molecule has 0 N–H and O–H groups in total. The molecule has 2 atom stereocenters. The van der Waals surface area contributed by atoms with Crippen LogP contribution in [0, 0.1) is 12.8 Å². The van der Waals surface area contributed by atoms with Crippen molar-refractivity contribution in [3.63, 3.8) is 0 Å². The monoisotopic (exact) mass is 291 g/mol. The number of nitrogens with zero attached hydrogens (tertiary/aromatic N) is 3. The Morgan fingerprint density at radius 3 is 2.95 bits per heavy atom. The fourth-order valence-electron chi connectivity index (χ4n) is 3.55. The minimum atomic E-state index is -0.0436. The van der Waals surface area contributed by atoms with E-state index in [0.29, 0.717) is 36.5 Å². The van der Waals surface area contributed by atoms with Crippen LogP contribution in [0.25, 0.3) is 0 Å². The van der Waals surface area contributed by atoms with E-state index in [-0.39, 0.29) is 23.8 Å². The topological polar surface area (TPSA) is 66.7 Å². The van der Waals surface area contributed by atoms with Crippen molar-refractivity contribution in [1.82, 2.24) is 15.0 Å². The number of carbonyl (C=O) groups is 2. The Hall–Kier alpha value is -1.85. The van der Waals surface area contributed by atoms with Gasteiger partial charge in [0.1, 0.15) is 11.3 Å². The first-order valence-electron chi connectivity index (χ1n) is 7.55. The number of rotatable bonds is 2. The SMILES string of the molecule is CCc1onc(C)c1C(=O)N1CCC[C@H]2C(=O)N(C)C[C@H]21. The lowest BCUT2D eigenvalue weighted by molar-refractivity contribution is -0.130. The highest BCUT2D eigenvalue weighted by Crippen LogP contribution is 2.32. The van der Waals surface area contributed by atoms with Crippen molar-refractivity contribution in [2.75, 3.05) is 20.1 Å². The minimum absolute atomic E-state index is 0.0113. The predicted octanol–water partition coefficient (Wildman–Crippen LogP) is 1.24. The molecule has 0 bridgehead atoms. The number of hydrogen-bond donors (Lipinski definition) is 0. The highest BCUT2D eigenvalue weighted by molar-refractivity contribution is 5.97. The summed E-state index contributed by atoms with van der Waals surface area (Å²) in [4.78, 5) is 28.6. The summed E-state index contributed by atoms with van der Waals surface area (Å²) in [6, 6.07) is -0.0113. The van der Waals surface area contributed by atoms with Crippen LogP contribution in [0.2, 0.25) is 0 Å². The molecule has 3 heterocycles. The average Bonchev–Trinajstić information content (AvgIpc) is 2.99. The number of aromatic nitrogens is 1. The van der Waals surface area contributed by atoms with Crippen molar-refractivity contribution in [3.05, 3.63) is 17.0 Å². The Morgan fingerprint density at radius 2 is 2.24 bits per heavy atom. The molecule has 6 nitrogen and oxygen atoms in total. The fraction of sp³-hybridized carbons (Fsp3) is 0.667. The second kappa shape index (κ2) is 5.16. The normalized spacial score (nSPS) is 25.4. The van der Waals surface area contributed by atoms with Gasteiger partial charge >= 0.3 is 0 Å². The van der Waals surface area contributed by atoms with E-state index in [1.807, 2.05) is 18.9 Å². The number of piperidine rings is 1. The Bertz CT molecular complexity index is 581. The van der Waals surface area contributed by atoms with Crippen molar-refractivity contribution in [1.29, 1.82) is 0 Å². The third-order valence-corrected chi connectivity index (χ3v) is 4.66. The Labute approximate surface area is 124 Å². The van der Waals surface area contributed by atoms with Crippen molar-refractivity contribution in [3.8, 4) is 0 Å². The van der Waals surface area contributed by atoms with Crippen LogP contribution in [0.5, 0.6) is 0 Å². The average molecular weight is 291 g/mol. The van der Waals surface area contributed by atoms with Crippen LogP contribution in [0.3, 0.4) is 0 Å². The number of carbonyl (C=O) groups excluding carboxylic acids is 2. The van der Waals surface area contributed by atoms with Gasteiger partial charge in [-0.25, -0.2) is 0 Å². The molecule has 2 saturated heterocycles. The van der Waals surface area contributed by atoms with Crippen LogP contribution in [0.1, 0.15) is 41.6 Å². The predicted molar refractivity (Wildman–Crippen MR) is 75.8 cm³/mol. The molecule has 3 rings (SSSR count). The van der Waals surface area contributed by atoms with Crippen LogP contribution in [0.15, 0.2) is 4.52 Å². The standard InChI is InChI=1S/C15H21N3O3/c1-4-12-13(9(2)16-21-12)15(20)18-7-5-6-10-11(18)8-17(3)14(10)19/h10-11H,4-8H2,1-3H3/t10-,11-/m1/s1. The van der Waals surface area contributed by atoms with Crippen molar-refractivity contribution < 1.29 is 14.1 Å².